The standard InChI is InChI=1S/C26H47NO2.C21H20O.C15H16O2.C11H17NO/c1-5-9-13-14-15-16-22-29-26-18-17-24(28-21-12-8-4)23-25(26)27(19-10-6-2)20-11-7-3;1-17-7-9-18(10-8-17)15-19-11-13-21(14-12-19)22-16-20-5-3-2-4-6-20;1-16-14-7-3-12(4-8-14)11-13-5-9-15(17-2)10-6-13;1-4-12(5-2)10-6-8-11(13-3)9-7-10/h17-18,23H,5-16,19-22H2,1-4H3;2-14H,15-16H2,1H3;3-10H,11H2,1-2H3;6-9H,4-5H2,1-3H3. The molecule has 7 aromatic carbocycles. The van der Waals surface area contributed by atoms with Crippen LogP contribution in [-0.4, -0.2) is 60.7 Å². The number of hydrogen-bond donors (Lipinski definition) is 0. The normalized spacial score (nSPS) is 10.4. The molecular formula is C73H100N2O6. The van der Waals surface area contributed by atoms with Crippen LogP contribution in [0.5, 0.6) is 34.5 Å². The Morgan fingerprint density at radius 2 is 0.778 bits per heavy atom. The predicted molar refractivity (Wildman–Crippen MR) is 344 cm³/mol. The van der Waals surface area contributed by atoms with Crippen LogP contribution in [0.3, 0.4) is 0 Å². The molecule has 0 heterocycles. The van der Waals surface area contributed by atoms with Gasteiger partial charge in [-0.3, -0.25) is 0 Å². The monoisotopic (exact) mass is 1100 g/mol. The van der Waals surface area contributed by atoms with Crippen LogP contribution in [0.15, 0.2) is 170 Å². The summed E-state index contributed by atoms with van der Waals surface area (Å²) < 4.78 is 33.4. The van der Waals surface area contributed by atoms with Crippen molar-refractivity contribution in [1.82, 2.24) is 0 Å². The van der Waals surface area contributed by atoms with E-state index in [9.17, 15) is 0 Å². The van der Waals surface area contributed by atoms with Crippen molar-refractivity contribution in [3.63, 3.8) is 0 Å². The molecule has 438 valence electrons. The van der Waals surface area contributed by atoms with Crippen LogP contribution < -0.4 is 38.2 Å². The number of unbranched alkanes of at least 4 members (excludes halogenated alkanes) is 8. The molecule has 8 heteroatoms. The number of anilines is 2. The Labute approximate surface area is 490 Å². The second-order valence-electron chi connectivity index (χ2n) is 20.5. The third kappa shape index (κ3) is 26.8. The molecule has 0 aliphatic carbocycles. The molecule has 0 saturated carbocycles. The molecule has 81 heavy (non-hydrogen) atoms. The topological polar surface area (TPSA) is 61.9 Å². The van der Waals surface area contributed by atoms with E-state index in [2.05, 4.69) is 161 Å². The third-order valence-corrected chi connectivity index (χ3v) is 14.0. The van der Waals surface area contributed by atoms with Crippen LogP contribution in [0.25, 0.3) is 0 Å². The molecular weight excluding hydrogens is 1000 g/mol. The van der Waals surface area contributed by atoms with Crippen LogP contribution >= 0.6 is 0 Å². The molecule has 0 saturated heterocycles. The van der Waals surface area contributed by atoms with E-state index in [4.69, 9.17) is 28.4 Å². The van der Waals surface area contributed by atoms with Gasteiger partial charge in [-0.25, -0.2) is 0 Å². The Morgan fingerprint density at radius 3 is 1.26 bits per heavy atom. The van der Waals surface area contributed by atoms with Crippen molar-refractivity contribution in [2.45, 2.75) is 145 Å². The van der Waals surface area contributed by atoms with E-state index in [1.165, 1.54) is 103 Å². The van der Waals surface area contributed by atoms with Gasteiger partial charge >= 0.3 is 0 Å². The molecule has 7 aromatic rings. The first-order valence-corrected chi connectivity index (χ1v) is 30.3. The first kappa shape index (κ1) is 66.5. The van der Waals surface area contributed by atoms with Gasteiger partial charge in [0, 0.05) is 37.9 Å². The molecule has 0 radical (unpaired) electrons. The first-order chi connectivity index (χ1) is 39.7. The average molecular weight is 1100 g/mol. The minimum atomic E-state index is 0.609. The number of rotatable bonds is 32. The van der Waals surface area contributed by atoms with E-state index >= 15 is 0 Å². The Hall–Kier alpha value is -7.06. The molecule has 0 spiro atoms. The van der Waals surface area contributed by atoms with Crippen LogP contribution in [0.4, 0.5) is 11.4 Å². The number of benzene rings is 7. The quantitative estimate of drug-likeness (QED) is 0.0387. The molecule has 0 atom stereocenters. The van der Waals surface area contributed by atoms with Gasteiger partial charge < -0.3 is 38.2 Å². The zero-order valence-corrected chi connectivity index (χ0v) is 51.4. The van der Waals surface area contributed by atoms with Crippen molar-refractivity contribution in [2.75, 3.05) is 70.5 Å². The van der Waals surface area contributed by atoms with Crippen LogP contribution in [0.2, 0.25) is 0 Å². The number of hydrogen-bond acceptors (Lipinski definition) is 8. The molecule has 0 N–H and O–H groups in total. The van der Waals surface area contributed by atoms with Crippen LogP contribution in [0, 0.1) is 6.92 Å². The van der Waals surface area contributed by atoms with Gasteiger partial charge in [-0.2, -0.15) is 0 Å². The third-order valence-electron chi connectivity index (χ3n) is 14.0. The molecule has 0 amide bonds. The summed E-state index contributed by atoms with van der Waals surface area (Å²) in [6.45, 7) is 21.9. The molecule has 0 unspecified atom stereocenters. The fraction of sp³-hybridized carbons (Fsp3) is 0.425. The highest BCUT2D eigenvalue weighted by Crippen LogP contribution is 2.34. The lowest BCUT2D eigenvalue weighted by Gasteiger charge is -2.27. The Balaban J connectivity index is 0.000000241. The lowest BCUT2D eigenvalue weighted by Crippen LogP contribution is -2.26. The summed E-state index contributed by atoms with van der Waals surface area (Å²) in [5.74, 6) is 5.60. The summed E-state index contributed by atoms with van der Waals surface area (Å²) in [4.78, 5) is 4.82. The molecule has 0 aliphatic rings. The molecule has 0 aromatic heterocycles. The van der Waals surface area contributed by atoms with Gasteiger partial charge in [-0.05, 0) is 160 Å². The number of nitrogens with zero attached hydrogens (tertiary/aromatic N) is 2. The smallest absolute Gasteiger partial charge is 0.142 e. The fourth-order valence-corrected chi connectivity index (χ4v) is 8.90. The van der Waals surface area contributed by atoms with Gasteiger partial charge in [0.1, 0.15) is 41.1 Å². The van der Waals surface area contributed by atoms with Crippen molar-refractivity contribution in [1.29, 1.82) is 0 Å². The van der Waals surface area contributed by atoms with Crippen LogP contribution in [-0.2, 0) is 19.4 Å². The lowest BCUT2D eigenvalue weighted by molar-refractivity contribution is 0.298. The SMILES string of the molecule is CCCCCCCCOc1ccc(OCCCC)cc1N(CCCC)CCCC.CCN(CC)c1ccc(OC)cc1.COc1ccc(Cc2ccc(OC)cc2)cc1.Cc1ccc(Cc2ccc(OCc3ccccc3)cc2)cc1. The number of aryl methyl sites for hydroxylation is 1. The van der Waals surface area contributed by atoms with E-state index in [-0.39, 0.29) is 0 Å². The minimum Gasteiger partial charge on any atom is -0.497 e. The summed E-state index contributed by atoms with van der Waals surface area (Å²) in [6.07, 6.45) is 16.7. The van der Waals surface area contributed by atoms with E-state index in [0.29, 0.717) is 6.61 Å². The molecule has 0 bridgehead atoms. The van der Waals surface area contributed by atoms with Crippen molar-refractivity contribution < 1.29 is 28.4 Å². The van der Waals surface area contributed by atoms with Gasteiger partial charge in [-0.1, -0.05) is 176 Å². The van der Waals surface area contributed by atoms with E-state index < -0.39 is 0 Å². The zero-order chi connectivity index (χ0) is 58.1. The summed E-state index contributed by atoms with van der Waals surface area (Å²) in [7, 11) is 5.05. The van der Waals surface area contributed by atoms with E-state index in [1.807, 2.05) is 66.7 Å². The van der Waals surface area contributed by atoms with Crippen molar-refractivity contribution in [2.24, 2.45) is 0 Å². The largest absolute Gasteiger partial charge is 0.497 e. The lowest BCUT2D eigenvalue weighted by atomic mass is 10.0. The first-order valence-electron chi connectivity index (χ1n) is 30.3. The predicted octanol–water partition coefficient (Wildman–Crippen LogP) is 19.0. The molecule has 0 fully saturated rings. The summed E-state index contributed by atoms with van der Waals surface area (Å²) >= 11 is 0. The maximum atomic E-state index is 6.27. The van der Waals surface area contributed by atoms with Gasteiger partial charge in [0.25, 0.3) is 0 Å². The molecule has 0 aliphatic heterocycles. The second kappa shape index (κ2) is 41.0. The summed E-state index contributed by atoms with van der Waals surface area (Å²) in [6, 6.07) is 58.2. The van der Waals surface area contributed by atoms with Gasteiger partial charge in [-0.15, -0.1) is 0 Å². The van der Waals surface area contributed by atoms with Gasteiger partial charge in [0.05, 0.1) is 40.2 Å². The second-order valence-corrected chi connectivity index (χ2v) is 20.5. The maximum absolute atomic E-state index is 6.27. The highest BCUT2D eigenvalue weighted by Gasteiger charge is 2.14. The van der Waals surface area contributed by atoms with Gasteiger partial charge in [0.2, 0.25) is 0 Å². The zero-order valence-electron chi connectivity index (χ0n) is 51.4. The molecule has 8 nitrogen and oxygen atoms in total. The Kier molecular flexibility index (Phi) is 33.6. The van der Waals surface area contributed by atoms with Crippen molar-refractivity contribution in [3.8, 4) is 34.5 Å². The summed E-state index contributed by atoms with van der Waals surface area (Å²) in [5.41, 5.74) is 10.1. The summed E-state index contributed by atoms with van der Waals surface area (Å²) in [5, 5.41) is 0. The van der Waals surface area contributed by atoms with Crippen molar-refractivity contribution in [3.05, 3.63) is 203 Å². The average Bonchev–Trinajstić information content (AvgIpc) is 3.51. The highest BCUT2D eigenvalue weighted by atomic mass is 16.5. The fourth-order valence-electron chi connectivity index (χ4n) is 8.90. The number of methoxy groups -OCH3 is 3. The van der Waals surface area contributed by atoms with Crippen molar-refractivity contribution >= 4 is 11.4 Å². The van der Waals surface area contributed by atoms with E-state index in [0.717, 1.165) is 106 Å². The van der Waals surface area contributed by atoms with E-state index in [1.54, 1.807) is 21.3 Å². The Morgan fingerprint density at radius 1 is 0.346 bits per heavy atom. The molecule has 7 rings (SSSR count). The van der Waals surface area contributed by atoms with Gasteiger partial charge in [0.15, 0.2) is 0 Å². The number of ether oxygens (including phenoxy) is 6. The minimum absolute atomic E-state index is 0.609. The van der Waals surface area contributed by atoms with Crippen LogP contribution in [0.1, 0.15) is 152 Å². The highest BCUT2D eigenvalue weighted by molar-refractivity contribution is 5.62. The maximum Gasteiger partial charge on any atom is 0.142 e. The Bertz CT molecular complexity index is 2560.